The topological polar surface area (TPSA) is 55.1 Å². The lowest BCUT2D eigenvalue weighted by atomic mass is 10.1. The van der Waals surface area contributed by atoms with Gasteiger partial charge in [0.15, 0.2) is 5.65 Å². The molecule has 5 nitrogen and oxygen atoms in total. The Labute approximate surface area is 162 Å². The molecule has 1 saturated carbocycles. The number of hydrogen-bond donors (Lipinski definition) is 1. The Balaban J connectivity index is 1.65. The van der Waals surface area contributed by atoms with Gasteiger partial charge in [-0.2, -0.15) is 14.6 Å². The quantitative estimate of drug-likeness (QED) is 0.602. The molecule has 1 aliphatic rings. The van der Waals surface area contributed by atoms with Crippen LogP contribution in [0.15, 0.2) is 18.3 Å². The summed E-state index contributed by atoms with van der Waals surface area (Å²) in [5.41, 5.74) is 3.75. The summed E-state index contributed by atoms with van der Waals surface area (Å²) in [5, 5.41) is 8.98. The van der Waals surface area contributed by atoms with Crippen molar-refractivity contribution in [3.05, 3.63) is 45.3 Å². The molecule has 0 unspecified atom stereocenters. The third-order valence-corrected chi connectivity index (χ3v) is 5.31. The van der Waals surface area contributed by atoms with Gasteiger partial charge in [-0.05, 0) is 50.3 Å². The van der Waals surface area contributed by atoms with Crippen molar-refractivity contribution in [2.75, 3.05) is 5.32 Å². The van der Waals surface area contributed by atoms with E-state index in [-0.39, 0.29) is 0 Å². The molecule has 0 spiro atoms. The lowest BCUT2D eigenvalue weighted by molar-refractivity contribution is 0.667. The van der Waals surface area contributed by atoms with Gasteiger partial charge in [-0.1, -0.05) is 42.5 Å². The molecule has 2 heterocycles. The van der Waals surface area contributed by atoms with Crippen molar-refractivity contribution < 1.29 is 0 Å². The minimum Gasteiger partial charge on any atom is -0.322 e. The number of benzene rings is 1. The molecule has 0 atom stereocenters. The summed E-state index contributed by atoms with van der Waals surface area (Å²) >= 11 is 12.4. The summed E-state index contributed by atoms with van der Waals surface area (Å²) in [4.78, 5) is 9.13. The number of aryl methyl sites for hydroxylation is 3. The van der Waals surface area contributed by atoms with E-state index in [9.17, 15) is 0 Å². The van der Waals surface area contributed by atoms with Gasteiger partial charge in [-0.3, -0.25) is 0 Å². The van der Waals surface area contributed by atoms with Gasteiger partial charge in [-0.25, -0.2) is 4.98 Å². The van der Waals surface area contributed by atoms with Crippen LogP contribution in [0.1, 0.15) is 42.6 Å². The van der Waals surface area contributed by atoms with E-state index in [1.165, 1.54) is 25.7 Å². The first-order valence-electron chi connectivity index (χ1n) is 8.95. The van der Waals surface area contributed by atoms with Crippen LogP contribution in [0.5, 0.6) is 0 Å². The van der Waals surface area contributed by atoms with E-state index in [4.69, 9.17) is 23.2 Å². The summed E-state index contributed by atoms with van der Waals surface area (Å²) < 4.78 is 1.75. The molecule has 1 N–H and O–H groups in total. The zero-order chi connectivity index (χ0) is 18.3. The van der Waals surface area contributed by atoms with Gasteiger partial charge < -0.3 is 5.32 Å². The highest BCUT2D eigenvalue weighted by atomic mass is 35.5. The number of halogens is 2. The first-order chi connectivity index (χ1) is 12.5. The van der Waals surface area contributed by atoms with Gasteiger partial charge in [0, 0.05) is 10.6 Å². The monoisotopic (exact) mass is 389 g/mol. The molecule has 7 heteroatoms. The molecule has 1 aromatic carbocycles. The van der Waals surface area contributed by atoms with E-state index in [1.54, 1.807) is 10.6 Å². The molecule has 1 fully saturated rings. The van der Waals surface area contributed by atoms with Crippen molar-refractivity contribution in [2.45, 2.75) is 46.0 Å². The maximum absolute atomic E-state index is 6.36. The van der Waals surface area contributed by atoms with Gasteiger partial charge in [0.25, 0.3) is 0 Å². The van der Waals surface area contributed by atoms with E-state index in [0.717, 1.165) is 34.8 Å². The van der Waals surface area contributed by atoms with Crippen molar-refractivity contribution in [3.8, 4) is 0 Å². The van der Waals surface area contributed by atoms with Gasteiger partial charge in [-0.15, -0.1) is 0 Å². The van der Waals surface area contributed by atoms with Crippen LogP contribution in [-0.2, 0) is 6.42 Å². The van der Waals surface area contributed by atoms with Crippen LogP contribution < -0.4 is 5.32 Å². The SMILES string of the molecule is Cc1nc(Nc2c(C)cc(Cl)cc2Cl)n2ncc(CCCC3CC3)c2n1. The molecule has 0 bridgehead atoms. The molecule has 3 aromatic rings. The lowest BCUT2D eigenvalue weighted by Crippen LogP contribution is -2.07. The minimum absolute atomic E-state index is 0.552. The number of rotatable bonds is 6. The van der Waals surface area contributed by atoms with Crippen LogP contribution in [0, 0.1) is 19.8 Å². The Morgan fingerprint density at radius 1 is 1.19 bits per heavy atom. The fourth-order valence-corrected chi connectivity index (χ4v) is 3.89. The van der Waals surface area contributed by atoms with Gasteiger partial charge in [0.2, 0.25) is 5.95 Å². The van der Waals surface area contributed by atoms with Crippen LogP contribution in [0.2, 0.25) is 10.0 Å². The van der Waals surface area contributed by atoms with Crippen molar-refractivity contribution in [3.63, 3.8) is 0 Å². The third kappa shape index (κ3) is 3.64. The van der Waals surface area contributed by atoms with Crippen molar-refractivity contribution in [2.24, 2.45) is 5.92 Å². The molecule has 0 radical (unpaired) electrons. The Kier molecular flexibility index (Phi) is 4.76. The van der Waals surface area contributed by atoms with E-state index in [2.05, 4.69) is 20.4 Å². The Bertz CT molecular complexity index is 939. The zero-order valence-corrected chi connectivity index (χ0v) is 16.4. The summed E-state index contributed by atoms with van der Waals surface area (Å²) in [7, 11) is 0. The largest absolute Gasteiger partial charge is 0.322 e. The van der Waals surface area contributed by atoms with Crippen molar-refractivity contribution >= 4 is 40.5 Å². The van der Waals surface area contributed by atoms with Crippen molar-refractivity contribution in [1.82, 2.24) is 19.6 Å². The highest BCUT2D eigenvalue weighted by molar-refractivity contribution is 6.36. The van der Waals surface area contributed by atoms with Crippen LogP contribution in [0.3, 0.4) is 0 Å². The highest BCUT2D eigenvalue weighted by Crippen LogP contribution is 2.34. The smallest absolute Gasteiger partial charge is 0.232 e. The second kappa shape index (κ2) is 7.05. The number of aromatic nitrogens is 4. The van der Waals surface area contributed by atoms with Crippen LogP contribution >= 0.6 is 23.2 Å². The third-order valence-electron chi connectivity index (χ3n) is 4.80. The van der Waals surface area contributed by atoms with E-state index < -0.39 is 0 Å². The molecular formula is C19H21Cl2N5. The molecule has 136 valence electrons. The molecule has 4 rings (SSSR count). The fraction of sp³-hybridized carbons (Fsp3) is 0.421. The van der Waals surface area contributed by atoms with Gasteiger partial charge >= 0.3 is 0 Å². The average molecular weight is 390 g/mol. The fourth-order valence-electron chi connectivity index (χ4n) is 3.25. The predicted molar refractivity (Wildman–Crippen MR) is 106 cm³/mol. The first kappa shape index (κ1) is 17.6. The van der Waals surface area contributed by atoms with E-state index >= 15 is 0 Å². The van der Waals surface area contributed by atoms with Crippen molar-refractivity contribution in [1.29, 1.82) is 0 Å². The maximum atomic E-state index is 6.36. The average Bonchev–Trinajstić information content (AvgIpc) is 3.31. The van der Waals surface area contributed by atoms with E-state index in [0.29, 0.717) is 21.8 Å². The second-order valence-corrected chi connectivity index (χ2v) is 7.88. The molecule has 0 saturated heterocycles. The Morgan fingerprint density at radius 3 is 2.73 bits per heavy atom. The lowest BCUT2D eigenvalue weighted by Gasteiger charge is -2.13. The molecule has 2 aromatic heterocycles. The molecule has 0 amide bonds. The summed E-state index contributed by atoms with van der Waals surface area (Å²) in [6.07, 6.45) is 8.16. The van der Waals surface area contributed by atoms with Crippen LogP contribution in [0.25, 0.3) is 5.65 Å². The van der Waals surface area contributed by atoms with Gasteiger partial charge in [0.1, 0.15) is 5.82 Å². The number of fused-ring (bicyclic) bond motifs is 1. The molecular weight excluding hydrogens is 369 g/mol. The van der Waals surface area contributed by atoms with E-state index in [1.807, 2.05) is 26.1 Å². The summed E-state index contributed by atoms with van der Waals surface area (Å²) in [6, 6.07) is 3.59. The highest BCUT2D eigenvalue weighted by Gasteiger charge is 2.21. The van der Waals surface area contributed by atoms with Gasteiger partial charge in [0.05, 0.1) is 16.9 Å². The number of nitrogens with zero attached hydrogens (tertiary/aromatic N) is 4. The predicted octanol–water partition coefficient (Wildman–Crippen LogP) is 5.52. The molecule has 0 aliphatic heterocycles. The minimum atomic E-state index is 0.552. The summed E-state index contributed by atoms with van der Waals surface area (Å²) in [6.45, 7) is 3.85. The molecule has 26 heavy (non-hydrogen) atoms. The normalized spacial score (nSPS) is 14.2. The molecule has 1 aliphatic carbocycles. The first-order valence-corrected chi connectivity index (χ1v) is 9.71. The standard InChI is InChI=1S/C19H21Cl2N5/c1-11-8-15(20)9-16(21)17(11)25-19-24-12(2)23-18-14(10-22-26(18)19)5-3-4-13-6-7-13/h8-10,13H,3-7H2,1-2H3,(H,23,24,25). The van der Waals surface area contributed by atoms with Crippen LogP contribution in [0.4, 0.5) is 11.6 Å². The summed E-state index contributed by atoms with van der Waals surface area (Å²) in [5.74, 6) is 2.25. The zero-order valence-electron chi connectivity index (χ0n) is 14.9. The Morgan fingerprint density at radius 2 is 2.00 bits per heavy atom. The van der Waals surface area contributed by atoms with Crippen LogP contribution in [-0.4, -0.2) is 19.6 Å². The number of hydrogen-bond acceptors (Lipinski definition) is 4. The number of nitrogens with one attached hydrogen (secondary N) is 1. The second-order valence-electron chi connectivity index (χ2n) is 7.04. The number of anilines is 2. The Hall–Kier alpha value is -1.85. The maximum Gasteiger partial charge on any atom is 0.232 e.